The van der Waals surface area contributed by atoms with Gasteiger partial charge in [0, 0.05) is 18.1 Å². The molecule has 0 saturated heterocycles. The Hall–Kier alpha value is -3.26. The van der Waals surface area contributed by atoms with E-state index in [4.69, 9.17) is 0 Å². The first kappa shape index (κ1) is 19.1. The molecule has 1 aromatic heterocycles. The number of carbonyl (C=O) groups excluding carboxylic acids is 1. The minimum atomic E-state index is -0.558. The van der Waals surface area contributed by atoms with Crippen LogP contribution in [-0.4, -0.2) is 26.1 Å². The highest BCUT2D eigenvalue weighted by Gasteiger charge is 2.31. The summed E-state index contributed by atoms with van der Waals surface area (Å²) in [6.45, 7) is 2.02. The molecule has 2 heterocycles. The lowest BCUT2D eigenvalue weighted by Gasteiger charge is -2.24. The Labute approximate surface area is 170 Å². The average molecular weight is 409 g/mol. The fourth-order valence-electron chi connectivity index (χ4n) is 3.38. The number of carbonyl (C=O) groups is 1. The smallest absolute Gasteiger partial charge is 0.257 e. The number of rotatable bonds is 4. The first-order valence-corrected chi connectivity index (χ1v) is 10.0. The first-order valence-electron chi connectivity index (χ1n) is 9.05. The SMILES string of the molecule is Cc1ccccc1CSc1nc2c(c(=O)[nH]1)C(c1ccc(O)c(O)c1)CC(=O)N2. The third-order valence-corrected chi connectivity index (χ3v) is 5.88. The molecular weight excluding hydrogens is 390 g/mol. The minimum absolute atomic E-state index is 0.0532. The van der Waals surface area contributed by atoms with Crippen molar-refractivity contribution in [2.24, 2.45) is 0 Å². The van der Waals surface area contributed by atoms with Crippen molar-refractivity contribution in [3.63, 3.8) is 0 Å². The molecule has 1 atom stereocenters. The molecule has 3 aromatic rings. The molecule has 4 rings (SSSR count). The standard InChI is InChI=1S/C21H19N3O4S/c1-11-4-2-3-5-13(11)10-29-21-23-19-18(20(28)24-21)14(9-17(27)22-19)12-6-7-15(25)16(26)8-12/h2-8,14,25-26H,9-10H2,1H3,(H2,22,23,24,27,28). The van der Waals surface area contributed by atoms with Crippen molar-refractivity contribution in [1.29, 1.82) is 0 Å². The number of nitrogens with one attached hydrogen (secondary N) is 2. The van der Waals surface area contributed by atoms with Crippen LogP contribution in [0.15, 0.2) is 52.4 Å². The molecule has 0 saturated carbocycles. The number of hydrogen-bond donors (Lipinski definition) is 4. The molecule has 2 aromatic carbocycles. The third-order valence-electron chi connectivity index (χ3n) is 4.96. The number of hydrogen-bond acceptors (Lipinski definition) is 6. The van der Waals surface area contributed by atoms with E-state index in [0.29, 0.717) is 22.0 Å². The van der Waals surface area contributed by atoms with Crippen LogP contribution in [-0.2, 0) is 10.5 Å². The summed E-state index contributed by atoms with van der Waals surface area (Å²) in [4.78, 5) is 32.3. The van der Waals surface area contributed by atoms with E-state index in [9.17, 15) is 19.8 Å². The number of phenolic OH excluding ortho intramolecular Hbond substituents is 2. The molecule has 1 unspecified atom stereocenters. The van der Waals surface area contributed by atoms with E-state index < -0.39 is 5.92 Å². The molecule has 1 aliphatic heterocycles. The number of thioether (sulfide) groups is 1. The molecule has 0 radical (unpaired) electrons. The number of H-pyrrole nitrogens is 1. The van der Waals surface area contributed by atoms with Gasteiger partial charge in [-0.05, 0) is 35.7 Å². The number of aromatic amines is 1. The molecule has 8 heteroatoms. The fourth-order valence-corrected chi connectivity index (χ4v) is 4.32. The Morgan fingerprint density at radius 1 is 1.14 bits per heavy atom. The van der Waals surface area contributed by atoms with Crippen LogP contribution < -0.4 is 10.9 Å². The van der Waals surface area contributed by atoms with Gasteiger partial charge in [0.25, 0.3) is 5.56 Å². The van der Waals surface area contributed by atoms with Gasteiger partial charge >= 0.3 is 0 Å². The largest absolute Gasteiger partial charge is 0.504 e. The monoisotopic (exact) mass is 409 g/mol. The van der Waals surface area contributed by atoms with Crippen molar-refractivity contribution in [3.05, 3.63) is 75.1 Å². The summed E-state index contributed by atoms with van der Waals surface area (Å²) in [7, 11) is 0. The van der Waals surface area contributed by atoms with Crippen LogP contribution in [0, 0.1) is 6.92 Å². The van der Waals surface area contributed by atoms with Gasteiger partial charge in [-0.15, -0.1) is 0 Å². The van der Waals surface area contributed by atoms with Crippen LogP contribution >= 0.6 is 11.8 Å². The first-order chi connectivity index (χ1) is 13.9. The third kappa shape index (κ3) is 3.84. The van der Waals surface area contributed by atoms with E-state index in [1.165, 1.54) is 23.9 Å². The highest BCUT2D eigenvalue weighted by atomic mass is 32.2. The molecule has 0 bridgehead atoms. The number of fused-ring (bicyclic) bond motifs is 1. The molecule has 0 spiro atoms. The van der Waals surface area contributed by atoms with Crippen LogP contribution in [0.2, 0.25) is 0 Å². The summed E-state index contributed by atoms with van der Waals surface area (Å²) in [6.07, 6.45) is 0.0532. The van der Waals surface area contributed by atoms with Gasteiger partial charge in [-0.1, -0.05) is 42.1 Å². The highest BCUT2D eigenvalue weighted by Crippen LogP contribution is 2.37. The van der Waals surface area contributed by atoms with Crippen LogP contribution in [0.3, 0.4) is 0 Å². The average Bonchev–Trinajstić information content (AvgIpc) is 2.68. The van der Waals surface area contributed by atoms with Crippen LogP contribution in [0.4, 0.5) is 5.82 Å². The Morgan fingerprint density at radius 2 is 1.93 bits per heavy atom. The van der Waals surface area contributed by atoms with Crippen molar-refractivity contribution in [2.45, 2.75) is 30.2 Å². The quantitative estimate of drug-likeness (QED) is 0.299. The van der Waals surface area contributed by atoms with Crippen LogP contribution in [0.25, 0.3) is 0 Å². The Balaban J connectivity index is 1.67. The number of benzene rings is 2. The maximum Gasteiger partial charge on any atom is 0.257 e. The number of phenols is 2. The molecule has 7 nitrogen and oxygen atoms in total. The summed E-state index contributed by atoms with van der Waals surface area (Å²) < 4.78 is 0. The predicted molar refractivity (Wildman–Crippen MR) is 110 cm³/mol. The summed E-state index contributed by atoms with van der Waals surface area (Å²) >= 11 is 1.39. The summed E-state index contributed by atoms with van der Waals surface area (Å²) in [6, 6.07) is 12.3. The van der Waals surface area contributed by atoms with Crippen molar-refractivity contribution in [3.8, 4) is 11.5 Å². The van der Waals surface area contributed by atoms with Gasteiger partial charge in [-0.2, -0.15) is 0 Å². The summed E-state index contributed by atoms with van der Waals surface area (Å²) in [5, 5.41) is 22.4. The van der Waals surface area contributed by atoms with Gasteiger partial charge in [0.15, 0.2) is 16.7 Å². The molecule has 0 aliphatic carbocycles. The van der Waals surface area contributed by atoms with Gasteiger partial charge in [0.2, 0.25) is 5.91 Å². The fraction of sp³-hybridized carbons (Fsp3) is 0.190. The Morgan fingerprint density at radius 3 is 2.69 bits per heavy atom. The van der Waals surface area contributed by atoms with E-state index in [0.717, 1.165) is 11.1 Å². The van der Waals surface area contributed by atoms with Crippen molar-refractivity contribution in [2.75, 3.05) is 5.32 Å². The van der Waals surface area contributed by atoms with Crippen LogP contribution in [0.1, 0.15) is 34.6 Å². The second-order valence-electron chi connectivity index (χ2n) is 6.90. The molecule has 1 aliphatic rings. The van der Waals surface area contributed by atoms with Gasteiger partial charge in [0.1, 0.15) is 5.82 Å². The molecule has 0 fully saturated rings. The molecule has 1 amide bonds. The zero-order chi connectivity index (χ0) is 20.5. The van der Waals surface area contributed by atoms with E-state index in [1.54, 1.807) is 6.07 Å². The van der Waals surface area contributed by atoms with E-state index in [2.05, 4.69) is 15.3 Å². The topological polar surface area (TPSA) is 115 Å². The maximum absolute atomic E-state index is 12.8. The van der Waals surface area contributed by atoms with Crippen LogP contribution in [0.5, 0.6) is 11.5 Å². The number of aromatic hydroxyl groups is 2. The maximum atomic E-state index is 12.8. The summed E-state index contributed by atoms with van der Waals surface area (Å²) in [5.41, 5.74) is 2.86. The highest BCUT2D eigenvalue weighted by molar-refractivity contribution is 7.98. The zero-order valence-corrected chi connectivity index (χ0v) is 16.4. The minimum Gasteiger partial charge on any atom is -0.504 e. The molecular formula is C21H19N3O4S. The number of aromatic nitrogens is 2. The lowest BCUT2D eigenvalue weighted by Crippen LogP contribution is -2.31. The molecule has 4 N–H and O–H groups in total. The number of nitrogens with zero attached hydrogens (tertiary/aromatic N) is 1. The van der Waals surface area contributed by atoms with Gasteiger partial charge in [0.05, 0.1) is 5.56 Å². The number of anilines is 1. The van der Waals surface area contributed by atoms with Crippen molar-refractivity contribution < 1.29 is 15.0 Å². The molecule has 148 valence electrons. The second kappa shape index (κ2) is 7.63. The Bertz CT molecular complexity index is 1160. The van der Waals surface area contributed by atoms with Crippen molar-refractivity contribution >= 4 is 23.5 Å². The Kier molecular flexibility index (Phi) is 5.02. The number of aryl methyl sites for hydroxylation is 1. The second-order valence-corrected chi connectivity index (χ2v) is 7.87. The van der Waals surface area contributed by atoms with Gasteiger partial charge < -0.3 is 20.5 Å². The lowest BCUT2D eigenvalue weighted by molar-refractivity contribution is -0.116. The zero-order valence-electron chi connectivity index (χ0n) is 15.6. The number of amides is 1. The summed E-state index contributed by atoms with van der Waals surface area (Å²) in [5.74, 6) is -0.513. The van der Waals surface area contributed by atoms with E-state index in [-0.39, 0.29) is 35.2 Å². The van der Waals surface area contributed by atoms with Crippen molar-refractivity contribution in [1.82, 2.24) is 9.97 Å². The lowest BCUT2D eigenvalue weighted by atomic mass is 9.86. The normalized spacial score (nSPS) is 15.6. The van der Waals surface area contributed by atoms with Gasteiger partial charge in [-0.3, -0.25) is 9.59 Å². The predicted octanol–water partition coefficient (Wildman–Crippen LogP) is 3.26. The molecule has 29 heavy (non-hydrogen) atoms. The van der Waals surface area contributed by atoms with Gasteiger partial charge in [-0.25, -0.2) is 4.98 Å². The van der Waals surface area contributed by atoms with E-state index in [1.807, 2.05) is 31.2 Å². The van der Waals surface area contributed by atoms with E-state index >= 15 is 0 Å².